The predicted molar refractivity (Wildman–Crippen MR) is 96.2 cm³/mol. The number of nitrogens with one attached hydrogen (secondary N) is 1. The zero-order valence-electron chi connectivity index (χ0n) is 13.9. The van der Waals surface area contributed by atoms with Gasteiger partial charge in [-0.15, -0.1) is 0 Å². The minimum absolute atomic E-state index is 0.0209. The van der Waals surface area contributed by atoms with Crippen LogP contribution in [0.2, 0.25) is 0 Å². The van der Waals surface area contributed by atoms with E-state index in [2.05, 4.69) is 14.6 Å². The van der Waals surface area contributed by atoms with Gasteiger partial charge in [0.2, 0.25) is 10.0 Å². The molecular formula is C16H19N5O4S. The first-order valence-corrected chi connectivity index (χ1v) is 9.54. The molecular weight excluding hydrogens is 358 g/mol. The highest BCUT2D eigenvalue weighted by atomic mass is 32.2. The van der Waals surface area contributed by atoms with Gasteiger partial charge in [-0.25, -0.2) is 18.1 Å². The van der Waals surface area contributed by atoms with Gasteiger partial charge >= 0.3 is 0 Å². The van der Waals surface area contributed by atoms with Crippen LogP contribution < -0.4 is 15.4 Å². The largest absolute Gasteiger partial charge is 0.355 e. The summed E-state index contributed by atoms with van der Waals surface area (Å²) in [5.74, 6) is 0.769. The number of anilines is 1. The molecule has 1 saturated heterocycles. The van der Waals surface area contributed by atoms with Crippen LogP contribution in [-0.4, -0.2) is 37.5 Å². The van der Waals surface area contributed by atoms with E-state index in [0.717, 1.165) is 37.5 Å². The van der Waals surface area contributed by atoms with Crippen LogP contribution in [0.15, 0.2) is 47.4 Å². The number of nitro benzene ring substituents is 1. The monoisotopic (exact) mass is 377 g/mol. The third kappa shape index (κ3) is 4.15. The Labute approximate surface area is 151 Å². The molecule has 0 spiro atoms. The zero-order chi connectivity index (χ0) is 18.7. The summed E-state index contributed by atoms with van der Waals surface area (Å²) in [5, 5.41) is 10.7. The van der Waals surface area contributed by atoms with Gasteiger partial charge in [-0.2, -0.15) is 0 Å². The highest BCUT2D eigenvalue weighted by Gasteiger charge is 2.21. The van der Waals surface area contributed by atoms with E-state index in [0.29, 0.717) is 5.69 Å². The molecule has 0 bridgehead atoms. The van der Waals surface area contributed by atoms with Crippen LogP contribution in [-0.2, 0) is 16.6 Å². The van der Waals surface area contributed by atoms with E-state index >= 15 is 0 Å². The van der Waals surface area contributed by atoms with Crippen molar-refractivity contribution in [1.29, 1.82) is 0 Å². The Balaban J connectivity index is 1.68. The van der Waals surface area contributed by atoms with E-state index in [-0.39, 0.29) is 23.2 Å². The van der Waals surface area contributed by atoms with Gasteiger partial charge in [-0.3, -0.25) is 10.1 Å². The van der Waals surface area contributed by atoms with Gasteiger partial charge in [0.1, 0.15) is 5.82 Å². The van der Waals surface area contributed by atoms with Crippen LogP contribution >= 0.6 is 0 Å². The fourth-order valence-electron chi connectivity index (χ4n) is 2.74. The molecule has 0 saturated carbocycles. The van der Waals surface area contributed by atoms with E-state index < -0.39 is 14.9 Å². The lowest BCUT2D eigenvalue weighted by Crippen LogP contribution is -2.27. The first-order valence-electron chi connectivity index (χ1n) is 8.06. The number of non-ortho nitro benzene ring substituents is 1. The Morgan fingerprint density at radius 2 is 2.00 bits per heavy atom. The van der Waals surface area contributed by atoms with Crippen LogP contribution in [0.1, 0.15) is 12.1 Å². The Morgan fingerprint density at radius 1 is 1.27 bits per heavy atom. The molecule has 1 aromatic carbocycles. The molecule has 26 heavy (non-hydrogen) atoms. The first-order chi connectivity index (χ1) is 12.3. The number of sulfonamides is 1. The van der Waals surface area contributed by atoms with E-state index in [4.69, 9.17) is 5.73 Å². The molecule has 10 heteroatoms. The molecule has 1 aromatic heterocycles. The summed E-state index contributed by atoms with van der Waals surface area (Å²) >= 11 is 0. The lowest BCUT2D eigenvalue weighted by Gasteiger charge is -2.17. The van der Waals surface area contributed by atoms with Crippen LogP contribution in [0.3, 0.4) is 0 Å². The summed E-state index contributed by atoms with van der Waals surface area (Å²) in [6.45, 7) is 1.57. The van der Waals surface area contributed by atoms with Crippen LogP contribution in [0.25, 0.3) is 0 Å². The van der Waals surface area contributed by atoms with Crippen molar-refractivity contribution in [2.45, 2.75) is 23.9 Å². The van der Waals surface area contributed by atoms with Crippen molar-refractivity contribution in [1.82, 2.24) is 9.71 Å². The lowest BCUT2D eigenvalue weighted by molar-refractivity contribution is -0.384. The quantitative estimate of drug-likeness (QED) is 0.567. The van der Waals surface area contributed by atoms with Crippen molar-refractivity contribution in [3.63, 3.8) is 0 Å². The molecule has 0 radical (unpaired) electrons. The molecule has 2 heterocycles. The maximum Gasteiger partial charge on any atom is 0.269 e. The number of aromatic nitrogens is 1. The Morgan fingerprint density at radius 3 is 2.62 bits per heavy atom. The fourth-order valence-corrected chi connectivity index (χ4v) is 3.74. The Kier molecular flexibility index (Phi) is 5.16. The topological polar surface area (TPSA) is 131 Å². The van der Waals surface area contributed by atoms with Crippen molar-refractivity contribution in [3.05, 3.63) is 58.3 Å². The van der Waals surface area contributed by atoms with E-state index in [1.165, 1.54) is 12.1 Å². The maximum atomic E-state index is 12.3. The molecule has 2 aromatic rings. The average molecular weight is 377 g/mol. The van der Waals surface area contributed by atoms with Gasteiger partial charge in [-0.05, 0) is 30.7 Å². The van der Waals surface area contributed by atoms with E-state index in [1.54, 1.807) is 6.07 Å². The van der Waals surface area contributed by atoms with Gasteiger partial charge in [0.25, 0.3) is 5.69 Å². The summed E-state index contributed by atoms with van der Waals surface area (Å²) < 4.78 is 27.1. The molecule has 3 N–H and O–H groups in total. The first kappa shape index (κ1) is 18.2. The SMILES string of the molecule is NC1CCN(c2cccc(CNS(=O)(=O)c3ccc([N+](=O)[O-])cc3)n2)C1. The van der Waals surface area contributed by atoms with Crippen molar-refractivity contribution >= 4 is 21.5 Å². The molecule has 1 unspecified atom stereocenters. The van der Waals surface area contributed by atoms with Crippen LogP contribution in [0, 0.1) is 10.1 Å². The molecule has 3 rings (SSSR count). The summed E-state index contributed by atoms with van der Waals surface area (Å²) in [5.41, 5.74) is 6.32. The predicted octanol–water partition coefficient (Wildman–Crippen LogP) is 1.01. The van der Waals surface area contributed by atoms with Crippen LogP contribution in [0.5, 0.6) is 0 Å². The summed E-state index contributed by atoms with van der Waals surface area (Å²) in [6, 6.07) is 10.3. The summed E-state index contributed by atoms with van der Waals surface area (Å²) in [7, 11) is -3.79. The molecule has 1 aliphatic rings. The van der Waals surface area contributed by atoms with Crippen molar-refractivity contribution in [2.75, 3.05) is 18.0 Å². The maximum absolute atomic E-state index is 12.3. The second kappa shape index (κ2) is 7.36. The van der Waals surface area contributed by atoms with Crippen LogP contribution in [0.4, 0.5) is 11.5 Å². The number of hydrogen-bond donors (Lipinski definition) is 2. The third-order valence-electron chi connectivity index (χ3n) is 4.14. The second-order valence-corrected chi connectivity index (χ2v) is 7.82. The number of hydrogen-bond acceptors (Lipinski definition) is 7. The van der Waals surface area contributed by atoms with Gasteiger partial charge < -0.3 is 10.6 Å². The number of nitrogens with zero attached hydrogens (tertiary/aromatic N) is 3. The minimum atomic E-state index is -3.79. The minimum Gasteiger partial charge on any atom is -0.355 e. The van der Waals surface area contributed by atoms with Gasteiger partial charge in [0, 0.05) is 31.3 Å². The van der Waals surface area contributed by atoms with Crippen molar-refractivity contribution in [2.24, 2.45) is 5.73 Å². The molecule has 1 atom stereocenters. The van der Waals surface area contributed by atoms with E-state index in [9.17, 15) is 18.5 Å². The van der Waals surface area contributed by atoms with Gasteiger partial charge in [-0.1, -0.05) is 6.07 Å². The number of rotatable bonds is 6. The molecule has 0 amide bonds. The van der Waals surface area contributed by atoms with Gasteiger partial charge in [0.05, 0.1) is 22.1 Å². The molecule has 1 fully saturated rings. The van der Waals surface area contributed by atoms with E-state index in [1.807, 2.05) is 12.1 Å². The molecule has 1 aliphatic heterocycles. The van der Waals surface area contributed by atoms with Gasteiger partial charge in [0.15, 0.2) is 0 Å². The Hall–Kier alpha value is -2.56. The molecule has 9 nitrogen and oxygen atoms in total. The number of pyridine rings is 1. The standard InChI is InChI=1S/C16H19N5O4S/c17-12-8-9-20(11-12)16-3-1-2-13(19-16)10-18-26(24,25)15-6-4-14(5-7-15)21(22)23/h1-7,12,18H,8-11,17H2. The second-order valence-electron chi connectivity index (χ2n) is 6.06. The lowest BCUT2D eigenvalue weighted by atomic mass is 10.3. The van der Waals surface area contributed by atoms with Crippen molar-refractivity contribution in [3.8, 4) is 0 Å². The normalized spacial score (nSPS) is 17.4. The third-order valence-corrected chi connectivity index (χ3v) is 5.56. The number of nitro groups is 1. The number of nitrogens with two attached hydrogens (primary N) is 1. The summed E-state index contributed by atoms with van der Waals surface area (Å²) in [6.07, 6.45) is 0.901. The average Bonchev–Trinajstić information content (AvgIpc) is 3.07. The highest BCUT2D eigenvalue weighted by molar-refractivity contribution is 7.89. The highest BCUT2D eigenvalue weighted by Crippen LogP contribution is 2.18. The number of benzene rings is 1. The fraction of sp³-hybridized carbons (Fsp3) is 0.312. The molecule has 0 aliphatic carbocycles. The Bertz CT molecular complexity index is 901. The zero-order valence-corrected chi connectivity index (χ0v) is 14.7. The summed E-state index contributed by atoms with van der Waals surface area (Å²) in [4.78, 5) is 16.6. The smallest absolute Gasteiger partial charge is 0.269 e. The van der Waals surface area contributed by atoms with Crippen molar-refractivity contribution < 1.29 is 13.3 Å². The molecule has 138 valence electrons.